The maximum atomic E-state index is 12.3. The van der Waals surface area contributed by atoms with Crippen LogP contribution in [0.25, 0.3) is 0 Å². The summed E-state index contributed by atoms with van der Waals surface area (Å²) in [5.74, 6) is -0.00989. The lowest BCUT2D eigenvalue weighted by atomic mass is 9.84. The van der Waals surface area contributed by atoms with Crippen molar-refractivity contribution >= 4 is 18.2 Å². The van der Waals surface area contributed by atoms with Crippen LogP contribution in [0.4, 0.5) is 0 Å². The number of nitrogens with one attached hydrogen (secondary N) is 1. The van der Waals surface area contributed by atoms with Crippen LogP contribution in [0.1, 0.15) is 35.3 Å². The summed E-state index contributed by atoms with van der Waals surface area (Å²) in [6.45, 7) is 5.15. The smallest absolute Gasteiger partial charge is 0.176 e. The highest BCUT2D eigenvalue weighted by Crippen LogP contribution is 2.22. The lowest BCUT2D eigenvalue weighted by molar-refractivity contribution is 0.0989. The molecule has 2 rings (SSSR count). The number of carbonyl (C=O) groups excluding carboxylic acids is 1. The topological polar surface area (TPSA) is 73.1 Å². The number of benzene rings is 2. The molecule has 4 nitrogen and oxygen atoms in total. The van der Waals surface area contributed by atoms with Gasteiger partial charge in [-0.1, -0.05) is 44.2 Å². The number of carbonyl (C=O) groups is 1. The van der Waals surface area contributed by atoms with Gasteiger partial charge in [0.15, 0.2) is 5.78 Å². The molecule has 0 saturated heterocycles. The second-order valence-corrected chi connectivity index (χ2v) is 6.46. The van der Waals surface area contributed by atoms with Crippen molar-refractivity contribution in [3.63, 3.8) is 0 Å². The first-order valence-electron chi connectivity index (χ1n) is 7.92. The predicted octanol–water partition coefficient (Wildman–Crippen LogP) is 3.63. The van der Waals surface area contributed by atoms with E-state index in [1.807, 2.05) is 24.3 Å². The van der Waals surface area contributed by atoms with Crippen LogP contribution in [-0.4, -0.2) is 24.0 Å². The molecule has 0 amide bonds. The van der Waals surface area contributed by atoms with E-state index in [9.17, 15) is 9.90 Å². The van der Waals surface area contributed by atoms with Crippen LogP contribution in [0.5, 0.6) is 5.75 Å². The Bertz CT molecular complexity index is 752. The van der Waals surface area contributed by atoms with Gasteiger partial charge < -0.3 is 10.4 Å². The van der Waals surface area contributed by atoms with Gasteiger partial charge in [-0.05, 0) is 23.8 Å². The zero-order chi connectivity index (χ0) is 17.6. The Morgan fingerprint density at radius 1 is 1.20 bits per heavy atom. The van der Waals surface area contributed by atoms with Gasteiger partial charge in [-0.3, -0.25) is 4.79 Å². The van der Waals surface area contributed by atoms with Gasteiger partial charge in [0.2, 0.25) is 0 Å². The summed E-state index contributed by atoms with van der Waals surface area (Å²) in [4.78, 5) is 12.3. The number of nitrogens with zero attached hydrogens (tertiary/aromatic N) is 1. The molecule has 0 aliphatic heterocycles. The third kappa shape index (κ3) is 5.60. The van der Waals surface area contributed by atoms with Crippen molar-refractivity contribution in [1.82, 2.24) is 5.32 Å². The SMILES string of the molecule is CC(C)(CNCC(=O)c1ccc(O)c(CC#N)c1)c1ccccc1.Cl. The highest BCUT2D eigenvalue weighted by atomic mass is 35.5. The molecule has 0 aliphatic carbocycles. The monoisotopic (exact) mass is 358 g/mol. The Morgan fingerprint density at radius 2 is 1.88 bits per heavy atom. The fourth-order valence-corrected chi connectivity index (χ4v) is 2.57. The van der Waals surface area contributed by atoms with Gasteiger partial charge >= 0.3 is 0 Å². The second-order valence-electron chi connectivity index (χ2n) is 6.46. The number of Topliss-reactive ketones (excluding diaryl/α,β-unsaturated/α-hetero) is 1. The molecule has 0 fully saturated rings. The number of aromatic hydroxyl groups is 1. The highest BCUT2D eigenvalue weighted by molar-refractivity contribution is 5.98. The first-order valence-corrected chi connectivity index (χ1v) is 7.92. The first kappa shape index (κ1) is 20.7. The van der Waals surface area contributed by atoms with E-state index in [-0.39, 0.29) is 42.3 Å². The zero-order valence-corrected chi connectivity index (χ0v) is 15.3. The molecule has 0 unspecified atom stereocenters. The van der Waals surface area contributed by atoms with Crippen molar-refractivity contribution in [2.75, 3.05) is 13.1 Å². The molecule has 0 heterocycles. The van der Waals surface area contributed by atoms with Crippen LogP contribution < -0.4 is 5.32 Å². The van der Waals surface area contributed by atoms with Crippen LogP contribution >= 0.6 is 12.4 Å². The van der Waals surface area contributed by atoms with E-state index in [1.54, 1.807) is 12.1 Å². The Balaban J connectivity index is 0.00000312. The van der Waals surface area contributed by atoms with Gasteiger partial charge in [-0.15, -0.1) is 12.4 Å². The molecular weight excluding hydrogens is 336 g/mol. The van der Waals surface area contributed by atoms with Crippen LogP contribution in [0.3, 0.4) is 0 Å². The van der Waals surface area contributed by atoms with Crippen molar-refractivity contribution in [3.05, 3.63) is 65.2 Å². The Morgan fingerprint density at radius 3 is 2.52 bits per heavy atom. The number of phenolic OH excluding ortho intramolecular Hbond substituents is 1. The highest BCUT2D eigenvalue weighted by Gasteiger charge is 2.20. The Labute approximate surface area is 154 Å². The standard InChI is InChI=1S/C20H22N2O2.ClH/c1-20(2,17-6-4-3-5-7-17)14-22-13-19(24)15-8-9-18(23)16(12-15)10-11-21;/h3-9,12,22-23H,10,13-14H2,1-2H3;1H. The number of halogens is 1. The van der Waals surface area contributed by atoms with Crippen molar-refractivity contribution in [2.45, 2.75) is 25.7 Å². The third-order valence-electron chi connectivity index (χ3n) is 4.08. The lowest BCUT2D eigenvalue weighted by Crippen LogP contribution is -2.35. The van der Waals surface area contributed by atoms with Crippen molar-refractivity contribution in [1.29, 1.82) is 5.26 Å². The number of phenols is 1. The molecule has 2 aromatic rings. The molecule has 2 N–H and O–H groups in total. The van der Waals surface area contributed by atoms with Crippen LogP contribution in [0.2, 0.25) is 0 Å². The summed E-state index contributed by atoms with van der Waals surface area (Å²) in [5, 5.41) is 21.6. The summed E-state index contributed by atoms with van der Waals surface area (Å²) < 4.78 is 0. The summed E-state index contributed by atoms with van der Waals surface area (Å²) in [7, 11) is 0. The van der Waals surface area contributed by atoms with Gasteiger partial charge in [0, 0.05) is 23.1 Å². The van der Waals surface area contributed by atoms with Crippen LogP contribution in [-0.2, 0) is 11.8 Å². The normalized spacial score (nSPS) is 10.6. The largest absolute Gasteiger partial charge is 0.508 e. The second kappa shape index (κ2) is 9.22. The molecule has 25 heavy (non-hydrogen) atoms. The minimum atomic E-state index is -0.0809. The molecule has 5 heteroatoms. The summed E-state index contributed by atoms with van der Waals surface area (Å²) >= 11 is 0. The number of hydrogen-bond acceptors (Lipinski definition) is 4. The van der Waals surface area contributed by atoms with E-state index in [2.05, 4.69) is 31.3 Å². The average Bonchev–Trinajstić information content (AvgIpc) is 2.57. The number of nitriles is 1. The van der Waals surface area contributed by atoms with Gasteiger partial charge in [0.25, 0.3) is 0 Å². The van der Waals surface area contributed by atoms with Crippen molar-refractivity contribution in [3.8, 4) is 11.8 Å². The molecule has 0 spiro atoms. The Kier molecular flexibility index (Phi) is 7.63. The van der Waals surface area contributed by atoms with E-state index in [1.165, 1.54) is 11.6 Å². The predicted molar refractivity (Wildman–Crippen MR) is 101 cm³/mol. The van der Waals surface area contributed by atoms with Crippen molar-refractivity contribution < 1.29 is 9.90 Å². The Hall–Kier alpha value is -2.35. The number of ketones is 1. The third-order valence-corrected chi connectivity index (χ3v) is 4.08. The minimum Gasteiger partial charge on any atom is -0.508 e. The maximum absolute atomic E-state index is 12.3. The van der Waals surface area contributed by atoms with Crippen LogP contribution in [0.15, 0.2) is 48.5 Å². The molecular formula is C20H23ClN2O2. The van der Waals surface area contributed by atoms with E-state index >= 15 is 0 Å². The van der Waals surface area contributed by atoms with E-state index in [0.717, 1.165) is 0 Å². The van der Waals surface area contributed by atoms with Gasteiger partial charge in [0.05, 0.1) is 19.0 Å². The number of hydrogen-bond donors (Lipinski definition) is 2. The molecule has 0 bridgehead atoms. The molecule has 0 aromatic heterocycles. The molecule has 132 valence electrons. The summed E-state index contributed by atoms with van der Waals surface area (Å²) in [6, 6.07) is 16.8. The average molecular weight is 359 g/mol. The molecule has 0 aliphatic rings. The fraction of sp³-hybridized carbons (Fsp3) is 0.300. The minimum absolute atomic E-state index is 0. The van der Waals surface area contributed by atoms with Gasteiger partial charge in [0.1, 0.15) is 5.75 Å². The molecule has 0 atom stereocenters. The molecule has 2 aromatic carbocycles. The maximum Gasteiger partial charge on any atom is 0.176 e. The van der Waals surface area contributed by atoms with E-state index in [0.29, 0.717) is 17.7 Å². The lowest BCUT2D eigenvalue weighted by Gasteiger charge is -2.25. The van der Waals surface area contributed by atoms with Gasteiger partial charge in [-0.2, -0.15) is 5.26 Å². The van der Waals surface area contributed by atoms with E-state index in [4.69, 9.17) is 5.26 Å². The van der Waals surface area contributed by atoms with Crippen LogP contribution in [0, 0.1) is 11.3 Å². The quantitative estimate of drug-likeness (QED) is 0.741. The van der Waals surface area contributed by atoms with Crippen molar-refractivity contribution in [2.24, 2.45) is 0 Å². The zero-order valence-electron chi connectivity index (χ0n) is 14.5. The van der Waals surface area contributed by atoms with E-state index < -0.39 is 0 Å². The first-order chi connectivity index (χ1) is 11.4. The molecule has 0 saturated carbocycles. The number of rotatable bonds is 7. The molecule has 0 radical (unpaired) electrons. The van der Waals surface area contributed by atoms with Gasteiger partial charge in [-0.25, -0.2) is 0 Å². The summed E-state index contributed by atoms with van der Waals surface area (Å²) in [6.07, 6.45) is 0.0847. The fourth-order valence-electron chi connectivity index (χ4n) is 2.57. The summed E-state index contributed by atoms with van der Waals surface area (Å²) in [5.41, 5.74) is 2.12.